The molecule has 140 valence electrons. The molecular weight excluding hydrogens is 328 g/mol. The Labute approximate surface area is 154 Å². The second kappa shape index (κ2) is 8.47. The van der Waals surface area contributed by atoms with Crippen LogP contribution in [0.5, 0.6) is 0 Å². The van der Waals surface area contributed by atoms with Gasteiger partial charge in [0.25, 0.3) is 0 Å². The quantitative estimate of drug-likeness (QED) is 0.796. The molecule has 1 aromatic heterocycles. The van der Waals surface area contributed by atoms with E-state index in [2.05, 4.69) is 22.2 Å². The number of benzene rings is 1. The Morgan fingerprint density at radius 1 is 1.35 bits per heavy atom. The van der Waals surface area contributed by atoms with Crippen LogP contribution in [-0.4, -0.2) is 38.8 Å². The van der Waals surface area contributed by atoms with E-state index in [0.717, 1.165) is 49.4 Å². The third kappa shape index (κ3) is 4.14. The van der Waals surface area contributed by atoms with Crippen LogP contribution in [0.25, 0.3) is 0 Å². The molecule has 0 saturated carbocycles. The van der Waals surface area contributed by atoms with Gasteiger partial charge in [0.1, 0.15) is 0 Å². The summed E-state index contributed by atoms with van der Waals surface area (Å²) in [5, 5.41) is 17.1. The molecule has 1 atom stereocenters. The molecule has 26 heavy (non-hydrogen) atoms. The first-order chi connectivity index (χ1) is 12.6. The van der Waals surface area contributed by atoms with Crippen molar-refractivity contribution in [1.29, 1.82) is 0 Å². The van der Waals surface area contributed by atoms with Crippen molar-refractivity contribution in [3.63, 3.8) is 0 Å². The topological polar surface area (TPSA) is 70.4 Å². The summed E-state index contributed by atoms with van der Waals surface area (Å²) >= 11 is 0. The molecular formula is C20H28N4O2. The Hall–Kier alpha value is -2.18. The SMILES string of the molecule is CCn1nc(CO)c2c1CCN(CCC(=O)N[C@H](C)c1ccccc1)C2. The minimum atomic E-state index is -0.0295. The van der Waals surface area contributed by atoms with Crippen LogP contribution in [0.1, 0.15) is 48.8 Å². The van der Waals surface area contributed by atoms with Crippen molar-refractivity contribution in [3.8, 4) is 0 Å². The summed E-state index contributed by atoms with van der Waals surface area (Å²) in [5.74, 6) is 0.0683. The van der Waals surface area contributed by atoms with E-state index in [-0.39, 0.29) is 18.6 Å². The fourth-order valence-electron chi connectivity index (χ4n) is 3.60. The van der Waals surface area contributed by atoms with Gasteiger partial charge in [0.05, 0.1) is 18.3 Å². The van der Waals surface area contributed by atoms with Gasteiger partial charge in [-0.25, -0.2) is 0 Å². The van der Waals surface area contributed by atoms with Crippen molar-refractivity contribution in [2.45, 2.75) is 52.4 Å². The number of aryl methyl sites for hydroxylation is 1. The summed E-state index contributed by atoms with van der Waals surface area (Å²) < 4.78 is 1.99. The molecule has 6 heteroatoms. The molecule has 0 bridgehead atoms. The number of aromatic nitrogens is 2. The zero-order chi connectivity index (χ0) is 18.5. The molecule has 0 aliphatic carbocycles. The van der Waals surface area contributed by atoms with Gasteiger partial charge in [-0.3, -0.25) is 14.4 Å². The zero-order valence-electron chi connectivity index (χ0n) is 15.6. The first-order valence-electron chi connectivity index (χ1n) is 9.37. The maximum atomic E-state index is 12.3. The van der Waals surface area contributed by atoms with Gasteiger partial charge in [0, 0.05) is 50.3 Å². The van der Waals surface area contributed by atoms with E-state index in [4.69, 9.17) is 0 Å². The average molecular weight is 356 g/mol. The van der Waals surface area contributed by atoms with Gasteiger partial charge >= 0.3 is 0 Å². The zero-order valence-corrected chi connectivity index (χ0v) is 15.6. The lowest BCUT2D eigenvalue weighted by atomic mass is 10.0. The highest BCUT2D eigenvalue weighted by Crippen LogP contribution is 2.23. The van der Waals surface area contributed by atoms with Gasteiger partial charge < -0.3 is 10.4 Å². The normalized spacial score (nSPS) is 15.5. The number of hydrogen-bond donors (Lipinski definition) is 2. The van der Waals surface area contributed by atoms with Crippen LogP contribution in [-0.2, 0) is 30.9 Å². The summed E-state index contributed by atoms with van der Waals surface area (Å²) in [6.45, 7) is 7.26. The van der Waals surface area contributed by atoms with E-state index in [1.165, 1.54) is 5.69 Å². The Kier molecular flexibility index (Phi) is 6.06. The number of amides is 1. The standard InChI is InChI=1S/C20H28N4O2/c1-3-24-19-9-11-23(13-17(19)18(14-25)22-24)12-10-20(26)21-15(2)16-7-5-4-6-8-16/h4-8,15,25H,3,9-14H2,1-2H3,(H,21,26)/t15-/m1/s1. The maximum absolute atomic E-state index is 12.3. The van der Waals surface area contributed by atoms with Gasteiger partial charge in [0.15, 0.2) is 0 Å². The lowest BCUT2D eigenvalue weighted by Gasteiger charge is -2.27. The van der Waals surface area contributed by atoms with Crippen LogP contribution in [0, 0.1) is 0 Å². The highest BCUT2D eigenvalue weighted by atomic mass is 16.3. The van der Waals surface area contributed by atoms with Crippen LogP contribution >= 0.6 is 0 Å². The molecule has 2 N–H and O–H groups in total. The number of nitrogens with zero attached hydrogens (tertiary/aromatic N) is 3. The van der Waals surface area contributed by atoms with Crippen molar-refractivity contribution in [3.05, 3.63) is 52.8 Å². The third-order valence-corrected chi connectivity index (χ3v) is 5.08. The average Bonchev–Trinajstić information content (AvgIpc) is 3.04. The van der Waals surface area contributed by atoms with Crippen LogP contribution in [0.4, 0.5) is 0 Å². The lowest BCUT2D eigenvalue weighted by molar-refractivity contribution is -0.122. The van der Waals surface area contributed by atoms with E-state index < -0.39 is 0 Å². The largest absolute Gasteiger partial charge is 0.390 e. The molecule has 0 unspecified atom stereocenters. The van der Waals surface area contributed by atoms with Crippen molar-refractivity contribution in [2.24, 2.45) is 0 Å². The van der Waals surface area contributed by atoms with Gasteiger partial charge in [-0.2, -0.15) is 5.10 Å². The summed E-state index contributed by atoms with van der Waals surface area (Å²) in [6, 6.07) is 10.0. The number of carbonyl (C=O) groups excluding carboxylic acids is 1. The Bertz CT molecular complexity index is 742. The van der Waals surface area contributed by atoms with E-state index in [9.17, 15) is 9.90 Å². The molecule has 0 saturated heterocycles. The van der Waals surface area contributed by atoms with Crippen LogP contribution in [0.15, 0.2) is 30.3 Å². The maximum Gasteiger partial charge on any atom is 0.221 e. The van der Waals surface area contributed by atoms with Crippen molar-refractivity contribution >= 4 is 5.91 Å². The Morgan fingerprint density at radius 2 is 2.12 bits per heavy atom. The molecule has 2 heterocycles. The molecule has 2 aromatic rings. The summed E-state index contributed by atoms with van der Waals surface area (Å²) in [4.78, 5) is 14.6. The fourth-order valence-corrected chi connectivity index (χ4v) is 3.60. The van der Waals surface area contributed by atoms with Gasteiger partial charge in [0.2, 0.25) is 5.91 Å². The van der Waals surface area contributed by atoms with Crippen molar-refractivity contribution in [2.75, 3.05) is 13.1 Å². The Morgan fingerprint density at radius 3 is 2.81 bits per heavy atom. The number of aliphatic hydroxyl groups excluding tert-OH is 1. The van der Waals surface area contributed by atoms with Crippen molar-refractivity contribution < 1.29 is 9.90 Å². The number of aliphatic hydroxyl groups is 1. The number of fused-ring (bicyclic) bond motifs is 1. The van der Waals surface area contributed by atoms with Gasteiger partial charge in [-0.05, 0) is 19.4 Å². The van der Waals surface area contributed by atoms with Crippen LogP contribution in [0.2, 0.25) is 0 Å². The summed E-state index contributed by atoms with van der Waals surface area (Å²) in [6.07, 6.45) is 1.39. The number of nitrogens with one attached hydrogen (secondary N) is 1. The number of rotatable bonds is 7. The fraction of sp³-hybridized carbons (Fsp3) is 0.500. The van der Waals surface area contributed by atoms with E-state index in [1.54, 1.807) is 0 Å². The minimum Gasteiger partial charge on any atom is -0.390 e. The molecule has 3 rings (SSSR count). The first kappa shape index (κ1) is 18.6. The minimum absolute atomic E-state index is 0.0143. The predicted molar refractivity (Wildman–Crippen MR) is 100 cm³/mol. The summed E-state index contributed by atoms with van der Waals surface area (Å²) in [5.41, 5.74) is 4.25. The van der Waals surface area contributed by atoms with E-state index >= 15 is 0 Å². The second-order valence-electron chi connectivity index (χ2n) is 6.82. The third-order valence-electron chi connectivity index (χ3n) is 5.08. The smallest absolute Gasteiger partial charge is 0.221 e. The van der Waals surface area contributed by atoms with E-state index in [1.807, 2.05) is 41.9 Å². The highest BCUT2D eigenvalue weighted by molar-refractivity contribution is 5.76. The Balaban J connectivity index is 1.53. The molecule has 0 fully saturated rings. The molecule has 1 aliphatic rings. The monoisotopic (exact) mass is 356 g/mol. The van der Waals surface area contributed by atoms with Gasteiger partial charge in [-0.1, -0.05) is 30.3 Å². The molecule has 1 aromatic carbocycles. The molecule has 0 spiro atoms. The van der Waals surface area contributed by atoms with E-state index in [0.29, 0.717) is 6.42 Å². The summed E-state index contributed by atoms with van der Waals surface area (Å²) in [7, 11) is 0. The first-order valence-corrected chi connectivity index (χ1v) is 9.37. The lowest BCUT2D eigenvalue weighted by Crippen LogP contribution is -2.35. The molecule has 0 radical (unpaired) electrons. The predicted octanol–water partition coefficient (Wildman–Crippen LogP) is 2.02. The van der Waals surface area contributed by atoms with Crippen LogP contribution in [0.3, 0.4) is 0 Å². The van der Waals surface area contributed by atoms with Crippen molar-refractivity contribution in [1.82, 2.24) is 20.0 Å². The number of carbonyl (C=O) groups is 1. The molecule has 1 aliphatic heterocycles. The van der Waals surface area contributed by atoms with Gasteiger partial charge in [-0.15, -0.1) is 0 Å². The second-order valence-corrected chi connectivity index (χ2v) is 6.82. The molecule has 6 nitrogen and oxygen atoms in total. The molecule has 1 amide bonds. The van der Waals surface area contributed by atoms with Crippen LogP contribution < -0.4 is 5.32 Å². The highest BCUT2D eigenvalue weighted by Gasteiger charge is 2.24. The number of hydrogen-bond acceptors (Lipinski definition) is 4.